The zero-order chi connectivity index (χ0) is 20.4. The summed E-state index contributed by atoms with van der Waals surface area (Å²) in [6, 6.07) is 5.61. The highest BCUT2D eigenvalue weighted by molar-refractivity contribution is 5.98. The fourth-order valence-corrected chi connectivity index (χ4v) is 4.50. The van der Waals surface area contributed by atoms with Crippen LogP contribution >= 0.6 is 0 Å². The Labute approximate surface area is 171 Å². The number of nitrogens with one attached hydrogen (secondary N) is 1. The van der Waals surface area contributed by atoms with Gasteiger partial charge in [-0.15, -0.1) is 10.2 Å². The monoisotopic (exact) mass is 395 g/mol. The summed E-state index contributed by atoms with van der Waals surface area (Å²) in [5, 5.41) is 11.2. The summed E-state index contributed by atoms with van der Waals surface area (Å²) in [4.78, 5) is 27.5. The summed E-state index contributed by atoms with van der Waals surface area (Å²) < 4.78 is 1.96. The number of aromatic nitrogens is 3. The van der Waals surface area contributed by atoms with Gasteiger partial charge in [0.2, 0.25) is 5.91 Å². The predicted octanol–water partition coefficient (Wildman–Crippen LogP) is 3.27. The molecule has 1 aliphatic heterocycles. The second kappa shape index (κ2) is 8.35. The number of nitrogens with zero attached hydrogens (tertiary/aromatic N) is 4. The Morgan fingerprint density at radius 1 is 1.10 bits per heavy atom. The van der Waals surface area contributed by atoms with E-state index in [1.165, 1.54) is 0 Å². The van der Waals surface area contributed by atoms with Gasteiger partial charge in [-0.05, 0) is 50.3 Å². The van der Waals surface area contributed by atoms with Crippen LogP contribution in [-0.2, 0) is 11.8 Å². The maximum Gasteiger partial charge on any atom is 0.253 e. The van der Waals surface area contributed by atoms with E-state index in [1.807, 2.05) is 41.6 Å². The van der Waals surface area contributed by atoms with Crippen molar-refractivity contribution in [3.8, 4) is 0 Å². The van der Waals surface area contributed by atoms with Crippen LogP contribution < -0.4 is 5.32 Å². The van der Waals surface area contributed by atoms with Crippen molar-refractivity contribution < 1.29 is 9.59 Å². The number of carbonyl (C=O) groups is 2. The lowest BCUT2D eigenvalue weighted by atomic mass is 9.95. The number of hydrogen-bond acceptors (Lipinski definition) is 4. The molecule has 0 atom stereocenters. The van der Waals surface area contributed by atoms with E-state index in [4.69, 9.17) is 0 Å². The number of hydrogen-bond donors (Lipinski definition) is 1. The van der Waals surface area contributed by atoms with Crippen LogP contribution in [0.15, 0.2) is 24.5 Å². The molecule has 2 aliphatic rings. The number of rotatable bonds is 4. The molecule has 154 valence electrons. The number of carbonyl (C=O) groups excluding carboxylic acids is 2. The Morgan fingerprint density at radius 2 is 1.83 bits per heavy atom. The first-order chi connectivity index (χ1) is 14.0. The molecular weight excluding hydrogens is 366 g/mol. The number of anilines is 1. The molecule has 2 amide bonds. The molecule has 29 heavy (non-hydrogen) atoms. The minimum atomic E-state index is 0.0257. The van der Waals surface area contributed by atoms with Gasteiger partial charge < -0.3 is 14.8 Å². The fraction of sp³-hybridized carbons (Fsp3) is 0.545. The average Bonchev–Trinajstić information content (AvgIpc) is 3.41. The van der Waals surface area contributed by atoms with E-state index in [0.717, 1.165) is 55.6 Å². The summed E-state index contributed by atoms with van der Waals surface area (Å²) in [5.74, 6) is 1.54. The van der Waals surface area contributed by atoms with E-state index in [0.29, 0.717) is 24.6 Å². The molecule has 0 spiro atoms. The van der Waals surface area contributed by atoms with Crippen LogP contribution in [-0.4, -0.2) is 44.6 Å². The first-order valence-corrected chi connectivity index (χ1v) is 10.6. The minimum Gasteiger partial charge on any atom is -0.339 e. The van der Waals surface area contributed by atoms with Gasteiger partial charge in [-0.3, -0.25) is 9.59 Å². The smallest absolute Gasteiger partial charge is 0.253 e. The van der Waals surface area contributed by atoms with Gasteiger partial charge in [0.1, 0.15) is 12.2 Å². The summed E-state index contributed by atoms with van der Waals surface area (Å²) in [5.41, 5.74) is 2.37. The van der Waals surface area contributed by atoms with Gasteiger partial charge in [0, 0.05) is 43.2 Å². The SMILES string of the molecule is Cc1ccc(C(=O)N2CCC(c3nncn3C)CC2)cc1NC(=O)C1CCCC1. The standard InChI is InChI=1S/C22H29N5O2/c1-15-7-8-18(13-19(15)24-21(28)17-5-3-4-6-17)22(29)27-11-9-16(10-12-27)20-25-23-14-26(20)2/h7-8,13-14,16-17H,3-6,9-12H2,1-2H3,(H,24,28). The van der Waals surface area contributed by atoms with Gasteiger partial charge in [0.25, 0.3) is 5.91 Å². The number of aryl methyl sites for hydroxylation is 2. The number of likely N-dealkylation sites (tertiary alicyclic amines) is 1. The van der Waals surface area contributed by atoms with Gasteiger partial charge >= 0.3 is 0 Å². The van der Waals surface area contributed by atoms with Crippen molar-refractivity contribution >= 4 is 17.5 Å². The predicted molar refractivity (Wildman–Crippen MR) is 111 cm³/mol. The Kier molecular flexibility index (Phi) is 5.65. The molecule has 7 heteroatoms. The van der Waals surface area contributed by atoms with Gasteiger partial charge in [0.15, 0.2) is 0 Å². The quantitative estimate of drug-likeness (QED) is 0.862. The van der Waals surface area contributed by atoms with Crippen LogP contribution in [0, 0.1) is 12.8 Å². The molecule has 0 radical (unpaired) electrons. The van der Waals surface area contributed by atoms with Crippen LogP contribution in [0.5, 0.6) is 0 Å². The lowest BCUT2D eigenvalue weighted by molar-refractivity contribution is -0.119. The van der Waals surface area contributed by atoms with E-state index in [2.05, 4.69) is 15.5 Å². The van der Waals surface area contributed by atoms with Crippen molar-refractivity contribution in [2.45, 2.75) is 51.4 Å². The molecular formula is C22H29N5O2. The van der Waals surface area contributed by atoms with Gasteiger partial charge in [-0.1, -0.05) is 18.9 Å². The van der Waals surface area contributed by atoms with Crippen LogP contribution in [0.2, 0.25) is 0 Å². The molecule has 1 saturated heterocycles. The highest BCUT2D eigenvalue weighted by Crippen LogP contribution is 2.29. The van der Waals surface area contributed by atoms with Crippen molar-refractivity contribution in [2.24, 2.45) is 13.0 Å². The molecule has 7 nitrogen and oxygen atoms in total. The maximum absolute atomic E-state index is 13.0. The van der Waals surface area contributed by atoms with Crippen molar-refractivity contribution in [2.75, 3.05) is 18.4 Å². The Bertz CT molecular complexity index is 892. The summed E-state index contributed by atoms with van der Waals surface area (Å²) >= 11 is 0. The molecule has 2 heterocycles. The third-order valence-corrected chi connectivity index (χ3v) is 6.36. The lowest BCUT2D eigenvalue weighted by Gasteiger charge is -2.31. The molecule has 2 fully saturated rings. The van der Waals surface area contributed by atoms with E-state index < -0.39 is 0 Å². The van der Waals surface area contributed by atoms with Gasteiger partial charge in [-0.2, -0.15) is 0 Å². The van der Waals surface area contributed by atoms with E-state index in [9.17, 15) is 9.59 Å². The van der Waals surface area contributed by atoms with Crippen LogP contribution in [0.4, 0.5) is 5.69 Å². The molecule has 1 aliphatic carbocycles. The Balaban J connectivity index is 1.41. The summed E-state index contributed by atoms with van der Waals surface area (Å²) in [7, 11) is 1.96. The second-order valence-corrected chi connectivity index (χ2v) is 8.37. The molecule has 1 saturated carbocycles. The largest absolute Gasteiger partial charge is 0.339 e. The summed E-state index contributed by atoms with van der Waals surface area (Å²) in [6.07, 6.45) is 7.67. The Hall–Kier alpha value is -2.70. The first-order valence-electron chi connectivity index (χ1n) is 10.6. The average molecular weight is 396 g/mol. The first kappa shape index (κ1) is 19.6. The number of amides is 2. The highest BCUT2D eigenvalue weighted by atomic mass is 16.2. The van der Waals surface area contributed by atoms with Crippen LogP contribution in [0.25, 0.3) is 0 Å². The van der Waals surface area contributed by atoms with Crippen LogP contribution in [0.1, 0.15) is 66.2 Å². The van der Waals surface area contributed by atoms with E-state index in [1.54, 1.807) is 6.33 Å². The molecule has 1 aromatic carbocycles. The van der Waals surface area contributed by atoms with Crippen LogP contribution in [0.3, 0.4) is 0 Å². The molecule has 0 bridgehead atoms. The molecule has 2 aromatic rings. The molecule has 4 rings (SSSR count). The molecule has 1 N–H and O–H groups in total. The van der Waals surface area contributed by atoms with Gasteiger partial charge in [-0.25, -0.2) is 0 Å². The summed E-state index contributed by atoms with van der Waals surface area (Å²) in [6.45, 7) is 3.37. The number of piperidine rings is 1. The van der Waals surface area contributed by atoms with E-state index in [-0.39, 0.29) is 17.7 Å². The van der Waals surface area contributed by atoms with Crippen molar-refractivity contribution in [1.82, 2.24) is 19.7 Å². The zero-order valence-corrected chi connectivity index (χ0v) is 17.2. The maximum atomic E-state index is 13.0. The minimum absolute atomic E-state index is 0.0257. The third kappa shape index (κ3) is 4.18. The van der Waals surface area contributed by atoms with Crippen molar-refractivity contribution in [1.29, 1.82) is 0 Å². The molecule has 0 unspecified atom stereocenters. The van der Waals surface area contributed by atoms with Crippen molar-refractivity contribution in [3.05, 3.63) is 41.5 Å². The topological polar surface area (TPSA) is 80.1 Å². The van der Waals surface area contributed by atoms with E-state index >= 15 is 0 Å². The van der Waals surface area contributed by atoms with Crippen molar-refractivity contribution in [3.63, 3.8) is 0 Å². The normalized spacial score (nSPS) is 18.2. The third-order valence-electron chi connectivity index (χ3n) is 6.36. The second-order valence-electron chi connectivity index (χ2n) is 8.37. The fourth-order valence-electron chi connectivity index (χ4n) is 4.50. The zero-order valence-electron chi connectivity index (χ0n) is 17.2. The lowest BCUT2D eigenvalue weighted by Crippen LogP contribution is -2.38. The van der Waals surface area contributed by atoms with Gasteiger partial charge in [0.05, 0.1) is 0 Å². The highest BCUT2D eigenvalue weighted by Gasteiger charge is 2.28. The molecule has 1 aromatic heterocycles. The Morgan fingerprint density at radius 3 is 2.48 bits per heavy atom. The number of benzene rings is 1.